The summed E-state index contributed by atoms with van der Waals surface area (Å²) in [7, 11) is 0. The van der Waals surface area contributed by atoms with Crippen LogP contribution in [0.1, 0.15) is 6.42 Å². The molecule has 0 saturated heterocycles. The SMILES string of the molecule is NCCCn1ccccc1=O. The second kappa shape index (κ2) is 3.93. The molecule has 0 unspecified atom stereocenters. The zero-order valence-electron chi connectivity index (χ0n) is 6.36. The van der Waals surface area contributed by atoms with E-state index in [1.165, 1.54) is 0 Å². The number of aromatic nitrogens is 1. The van der Waals surface area contributed by atoms with Crippen LogP contribution in [0.4, 0.5) is 0 Å². The molecule has 0 radical (unpaired) electrons. The number of nitrogens with zero attached hydrogens (tertiary/aromatic N) is 1. The molecule has 1 aromatic heterocycles. The van der Waals surface area contributed by atoms with E-state index >= 15 is 0 Å². The van der Waals surface area contributed by atoms with E-state index in [2.05, 4.69) is 0 Å². The summed E-state index contributed by atoms with van der Waals surface area (Å²) < 4.78 is 1.66. The van der Waals surface area contributed by atoms with Crippen molar-refractivity contribution in [3.8, 4) is 0 Å². The Morgan fingerprint density at radius 2 is 2.27 bits per heavy atom. The van der Waals surface area contributed by atoms with Crippen LogP contribution < -0.4 is 11.3 Å². The van der Waals surface area contributed by atoms with Gasteiger partial charge in [-0.05, 0) is 19.0 Å². The van der Waals surface area contributed by atoms with Crippen molar-refractivity contribution in [1.82, 2.24) is 4.57 Å². The molecule has 1 rings (SSSR count). The van der Waals surface area contributed by atoms with Gasteiger partial charge in [0.2, 0.25) is 5.56 Å². The average molecular weight is 152 g/mol. The summed E-state index contributed by atoms with van der Waals surface area (Å²) in [6, 6.07) is 5.13. The van der Waals surface area contributed by atoms with Crippen molar-refractivity contribution in [1.29, 1.82) is 0 Å². The number of aryl methyl sites for hydroxylation is 1. The Bertz CT molecular complexity index is 267. The fourth-order valence-electron chi connectivity index (χ4n) is 0.907. The molecule has 11 heavy (non-hydrogen) atoms. The average Bonchev–Trinajstić information content (AvgIpc) is 2.03. The minimum Gasteiger partial charge on any atom is -0.330 e. The van der Waals surface area contributed by atoms with Crippen molar-refractivity contribution in [3.05, 3.63) is 34.7 Å². The van der Waals surface area contributed by atoms with Crippen molar-refractivity contribution >= 4 is 0 Å². The molecule has 0 aliphatic heterocycles. The minimum absolute atomic E-state index is 0.0425. The third kappa shape index (κ3) is 2.20. The molecule has 0 aromatic carbocycles. The maximum absolute atomic E-state index is 11.0. The minimum atomic E-state index is 0.0425. The molecule has 3 heteroatoms. The molecule has 3 nitrogen and oxygen atoms in total. The van der Waals surface area contributed by atoms with Gasteiger partial charge in [0, 0.05) is 18.8 Å². The number of hydrogen-bond donors (Lipinski definition) is 1. The highest BCUT2D eigenvalue weighted by atomic mass is 16.1. The second-order valence-electron chi connectivity index (χ2n) is 2.37. The lowest BCUT2D eigenvalue weighted by molar-refractivity contribution is 0.630. The van der Waals surface area contributed by atoms with Crippen LogP contribution >= 0.6 is 0 Å². The summed E-state index contributed by atoms with van der Waals surface area (Å²) in [5, 5.41) is 0. The van der Waals surface area contributed by atoms with Gasteiger partial charge in [-0.25, -0.2) is 0 Å². The third-order valence-electron chi connectivity index (χ3n) is 1.50. The summed E-state index contributed by atoms with van der Waals surface area (Å²) in [5.74, 6) is 0. The van der Waals surface area contributed by atoms with Gasteiger partial charge in [-0.15, -0.1) is 0 Å². The Balaban J connectivity index is 2.70. The Morgan fingerprint density at radius 3 is 2.91 bits per heavy atom. The first-order valence-corrected chi connectivity index (χ1v) is 3.70. The number of pyridine rings is 1. The molecular weight excluding hydrogens is 140 g/mol. The monoisotopic (exact) mass is 152 g/mol. The van der Waals surface area contributed by atoms with Gasteiger partial charge in [0.1, 0.15) is 0 Å². The van der Waals surface area contributed by atoms with Crippen molar-refractivity contribution in [2.75, 3.05) is 6.54 Å². The highest BCUT2D eigenvalue weighted by Gasteiger charge is 1.90. The lowest BCUT2D eigenvalue weighted by Gasteiger charge is -2.01. The van der Waals surface area contributed by atoms with Crippen LogP contribution in [0.15, 0.2) is 29.2 Å². The van der Waals surface area contributed by atoms with E-state index in [1.54, 1.807) is 22.9 Å². The molecule has 1 heterocycles. The first-order chi connectivity index (χ1) is 5.34. The van der Waals surface area contributed by atoms with Crippen LogP contribution in [0.5, 0.6) is 0 Å². The number of hydrogen-bond acceptors (Lipinski definition) is 2. The maximum Gasteiger partial charge on any atom is 0.250 e. The fraction of sp³-hybridized carbons (Fsp3) is 0.375. The summed E-state index contributed by atoms with van der Waals surface area (Å²) in [6.07, 6.45) is 2.63. The van der Waals surface area contributed by atoms with Gasteiger partial charge < -0.3 is 10.3 Å². The van der Waals surface area contributed by atoms with E-state index in [0.29, 0.717) is 6.54 Å². The smallest absolute Gasteiger partial charge is 0.250 e. The summed E-state index contributed by atoms with van der Waals surface area (Å²) in [5.41, 5.74) is 5.35. The Morgan fingerprint density at radius 1 is 1.45 bits per heavy atom. The van der Waals surface area contributed by atoms with Crippen LogP contribution in [-0.4, -0.2) is 11.1 Å². The lowest BCUT2D eigenvalue weighted by atomic mass is 10.4. The van der Waals surface area contributed by atoms with E-state index in [0.717, 1.165) is 13.0 Å². The van der Waals surface area contributed by atoms with Crippen LogP contribution in [0.3, 0.4) is 0 Å². The second-order valence-corrected chi connectivity index (χ2v) is 2.37. The molecule has 0 atom stereocenters. The highest BCUT2D eigenvalue weighted by Crippen LogP contribution is 1.84. The van der Waals surface area contributed by atoms with Gasteiger partial charge in [-0.1, -0.05) is 6.07 Å². The topological polar surface area (TPSA) is 48.0 Å². The highest BCUT2D eigenvalue weighted by molar-refractivity contribution is 4.92. The summed E-state index contributed by atoms with van der Waals surface area (Å²) in [4.78, 5) is 11.0. The van der Waals surface area contributed by atoms with E-state index in [1.807, 2.05) is 6.07 Å². The Labute approximate surface area is 65.5 Å². The summed E-state index contributed by atoms with van der Waals surface area (Å²) in [6.45, 7) is 1.34. The molecule has 0 bridgehead atoms. The van der Waals surface area contributed by atoms with Crippen molar-refractivity contribution in [3.63, 3.8) is 0 Å². The van der Waals surface area contributed by atoms with Crippen molar-refractivity contribution in [2.45, 2.75) is 13.0 Å². The van der Waals surface area contributed by atoms with Gasteiger partial charge in [0.15, 0.2) is 0 Å². The maximum atomic E-state index is 11.0. The number of nitrogens with two attached hydrogens (primary N) is 1. The lowest BCUT2D eigenvalue weighted by Crippen LogP contribution is -2.19. The first kappa shape index (κ1) is 8.01. The molecule has 2 N–H and O–H groups in total. The molecule has 0 saturated carbocycles. The molecule has 0 aliphatic carbocycles. The quantitative estimate of drug-likeness (QED) is 0.672. The van der Waals surface area contributed by atoms with Crippen LogP contribution in [0.2, 0.25) is 0 Å². The van der Waals surface area contributed by atoms with E-state index < -0.39 is 0 Å². The Kier molecular flexibility index (Phi) is 2.86. The van der Waals surface area contributed by atoms with E-state index in [-0.39, 0.29) is 5.56 Å². The summed E-state index contributed by atoms with van der Waals surface area (Å²) >= 11 is 0. The zero-order chi connectivity index (χ0) is 8.10. The van der Waals surface area contributed by atoms with Gasteiger partial charge in [-0.3, -0.25) is 4.79 Å². The van der Waals surface area contributed by atoms with Crippen LogP contribution in [0.25, 0.3) is 0 Å². The van der Waals surface area contributed by atoms with Gasteiger partial charge in [-0.2, -0.15) is 0 Å². The van der Waals surface area contributed by atoms with Gasteiger partial charge in [0.05, 0.1) is 0 Å². The largest absolute Gasteiger partial charge is 0.330 e. The van der Waals surface area contributed by atoms with Gasteiger partial charge in [0.25, 0.3) is 0 Å². The molecular formula is C8H12N2O. The fourth-order valence-corrected chi connectivity index (χ4v) is 0.907. The van der Waals surface area contributed by atoms with Crippen LogP contribution in [-0.2, 0) is 6.54 Å². The van der Waals surface area contributed by atoms with E-state index in [4.69, 9.17) is 5.73 Å². The predicted molar refractivity (Wildman–Crippen MR) is 44.4 cm³/mol. The van der Waals surface area contributed by atoms with Crippen molar-refractivity contribution in [2.24, 2.45) is 5.73 Å². The zero-order valence-corrected chi connectivity index (χ0v) is 6.36. The first-order valence-electron chi connectivity index (χ1n) is 3.70. The molecule has 1 aromatic rings. The Hall–Kier alpha value is -1.09. The number of rotatable bonds is 3. The van der Waals surface area contributed by atoms with E-state index in [9.17, 15) is 4.79 Å². The molecule has 0 amide bonds. The normalized spacial score (nSPS) is 9.91. The predicted octanol–water partition coefficient (Wildman–Crippen LogP) is 0.197. The molecule has 60 valence electrons. The molecule has 0 spiro atoms. The van der Waals surface area contributed by atoms with Gasteiger partial charge >= 0.3 is 0 Å². The molecule has 0 fully saturated rings. The van der Waals surface area contributed by atoms with Crippen molar-refractivity contribution < 1.29 is 0 Å². The standard InChI is InChI=1S/C8H12N2O/c9-5-3-7-10-6-2-1-4-8(10)11/h1-2,4,6H,3,5,7,9H2. The third-order valence-corrected chi connectivity index (χ3v) is 1.50. The molecule has 0 aliphatic rings. The van der Waals surface area contributed by atoms with Crippen LogP contribution in [0, 0.1) is 0 Å².